The van der Waals surface area contributed by atoms with Crippen LogP contribution < -0.4 is 0 Å². The Balaban J connectivity index is 2.15. The maximum Gasteiger partial charge on any atom is 0.309 e. The molecule has 4 nitrogen and oxygen atoms in total. The average molecular weight is 384 g/mol. The maximum atomic E-state index is 11.7. The number of hydrogen-bond donors (Lipinski definition) is 0. The van der Waals surface area contributed by atoms with E-state index in [1.165, 1.54) is 0 Å². The molecule has 3 unspecified atom stereocenters. The molecule has 0 heterocycles. The molecule has 0 aromatic rings. The Morgan fingerprint density at radius 1 is 1.21 bits per heavy atom. The van der Waals surface area contributed by atoms with Gasteiger partial charge in [-0.05, 0) is 26.2 Å². The molecule has 0 N–H and O–H groups in total. The van der Waals surface area contributed by atoms with Crippen LogP contribution in [0.15, 0.2) is 0 Å². The van der Waals surface area contributed by atoms with E-state index >= 15 is 0 Å². The number of carbonyl (C=O) groups is 1. The molecule has 0 radical (unpaired) electrons. The molecule has 1 fully saturated rings. The normalized spacial score (nSPS) is 26.6. The zero-order valence-electron chi connectivity index (χ0n) is 11.9. The van der Waals surface area contributed by atoms with Gasteiger partial charge in [-0.1, -0.05) is 35.9 Å². The van der Waals surface area contributed by atoms with Gasteiger partial charge >= 0.3 is 5.97 Å². The Hall–Kier alpha value is 0.120. The molecular weight excluding hydrogens is 359 g/mol. The lowest BCUT2D eigenvalue weighted by Crippen LogP contribution is -2.21. The second-order valence-corrected chi connectivity index (χ2v) is 6.41. The second-order valence-electron chi connectivity index (χ2n) is 4.81. The number of rotatable bonds is 9. The molecule has 0 amide bonds. The third-order valence-electron chi connectivity index (χ3n) is 3.25. The highest BCUT2D eigenvalue weighted by Gasteiger charge is 2.37. The largest absolute Gasteiger partial charge is 0.466 e. The first kappa shape index (κ1) is 17.2. The highest BCUT2D eigenvalue weighted by Crippen LogP contribution is 2.34. The van der Waals surface area contributed by atoms with Gasteiger partial charge in [0, 0.05) is 10.5 Å². The molecule has 0 aliphatic heterocycles. The predicted octanol–water partition coefficient (Wildman–Crippen LogP) is 2.97. The lowest BCUT2D eigenvalue weighted by atomic mass is 10.1. The number of esters is 1. The van der Waals surface area contributed by atoms with Crippen molar-refractivity contribution in [2.45, 2.75) is 49.6 Å². The Morgan fingerprint density at radius 2 is 2.00 bits per heavy atom. The molecular formula is C14H25IO4. The molecule has 19 heavy (non-hydrogen) atoms. The summed E-state index contributed by atoms with van der Waals surface area (Å²) in [7, 11) is 0. The van der Waals surface area contributed by atoms with Crippen LogP contribution in [0.25, 0.3) is 0 Å². The van der Waals surface area contributed by atoms with Gasteiger partial charge in [0.1, 0.15) is 0 Å². The van der Waals surface area contributed by atoms with Crippen molar-refractivity contribution in [3.63, 3.8) is 0 Å². The SMILES string of the molecule is CCCCOCCOC1CC(C(=O)OCC)CC1I. The van der Waals surface area contributed by atoms with E-state index < -0.39 is 0 Å². The summed E-state index contributed by atoms with van der Waals surface area (Å²) in [5.41, 5.74) is 0. The van der Waals surface area contributed by atoms with Crippen molar-refractivity contribution < 1.29 is 19.0 Å². The van der Waals surface area contributed by atoms with Gasteiger partial charge in [-0.25, -0.2) is 0 Å². The third-order valence-corrected chi connectivity index (χ3v) is 4.56. The minimum Gasteiger partial charge on any atom is -0.466 e. The van der Waals surface area contributed by atoms with Crippen molar-refractivity contribution in [1.82, 2.24) is 0 Å². The highest BCUT2D eigenvalue weighted by atomic mass is 127. The van der Waals surface area contributed by atoms with Gasteiger partial charge in [0.05, 0.1) is 31.8 Å². The van der Waals surface area contributed by atoms with E-state index in [1.54, 1.807) is 0 Å². The van der Waals surface area contributed by atoms with Gasteiger partial charge < -0.3 is 14.2 Å². The summed E-state index contributed by atoms with van der Waals surface area (Å²) in [6, 6.07) is 0. The summed E-state index contributed by atoms with van der Waals surface area (Å²) < 4.78 is 16.7. The van der Waals surface area contributed by atoms with E-state index in [0.717, 1.165) is 32.3 Å². The maximum absolute atomic E-state index is 11.7. The minimum atomic E-state index is -0.0746. The quantitative estimate of drug-likeness (QED) is 0.265. The Morgan fingerprint density at radius 3 is 2.68 bits per heavy atom. The van der Waals surface area contributed by atoms with Crippen LogP contribution in [0.4, 0.5) is 0 Å². The molecule has 1 saturated carbocycles. The fourth-order valence-corrected chi connectivity index (χ4v) is 3.29. The molecule has 3 atom stereocenters. The van der Waals surface area contributed by atoms with Crippen LogP contribution >= 0.6 is 22.6 Å². The topological polar surface area (TPSA) is 44.8 Å². The fourth-order valence-electron chi connectivity index (χ4n) is 2.18. The first-order chi connectivity index (χ1) is 9.19. The summed E-state index contributed by atoms with van der Waals surface area (Å²) in [5, 5.41) is 0. The zero-order chi connectivity index (χ0) is 14.1. The molecule has 1 aliphatic carbocycles. The van der Waals surface area contributed by atoms with Crippen molar-refractivity contribution in [1.29, 1.82) is 0 Å². The first-order valence-corrected chi connectivity index (χ1v) is 8.43. The Labute approximate surface area is 129 Å². The van der Waals surface area contributed by atoms with Crippen molar-refractivity contribution in [2.24, 2.45) is 5.92 Å². The molecule has 0 aromatic heterocycles. The number of ether oxygens (including phenoxy) is 3. The monoisotopic (exact) mass is 384 g/mol. The van der Waals surface area contributed by atoms with Crippen LogP contribution in [0.5, 0.6) is 0 Å². The summed E-state index contributed by atoms with van der Waals surface area (Å²) >= 11 is 2.37. The minimum absolute atomic E-state index is 0.00728. The van der Waals surface area contributed by atoms with Gasteiger partial charge in [-0.3, -0.25) is 4.79 Å². The summed E-state index contributed by atoms with van der Waals surface area (Å²) in [6.45, 7) is 6.51. The fraction of sp³-hybridized carbons (Fsp3) is 0.929. The standard InChI is InChI=1S/C14H25IO4/c1-3-5-6-17-7-8-19-13-10-11(9-12(13)15)14(16)18-4-2/h11-13H,3-10H2,1-2H3. The Bertz CT molecular complexity index is 260. The second kappa shape index (κ2) is 9.94. The zero-order valence-corrected chi connectivity index (χ0v) is 14.1. The lowest BCUT2D eigenvalue weighted by molar-refractivity contribution is -0.148. The molecule has 5 heteroatoms. The van der Waals surface area contributed by atoms with Crippen LogP contribution in [0.1, 0.15) is 39.5 Å². The van der Waals surface area contributed by atoms with Crippen molar-refractivity contribution in [3.05, 3.63) is 0 Å². The van der Waals surface area contributed by atoms with Gasteiger partial charge in [0.25, 0.3) is 0 Å². The molecule has 0 spiro atoms. The molecule has 0 aromatic carbocycles. The smallest absolute Gasteiger partial charge is 0.309 e. The van der Waals surface area contributed by atoms with Crippen molar-refractivity contribution in [2.75, 3.05) is 26.4 Å². The summed E-state index contributed by atoms with van der Waals surface area (Å²) in [5.74, 6) is -0.0673. The van der Waals surface area contributed by atoms with Crippen LogP contribution in [0.3, 0.4) is 0 Å². The molecule has 1 aliphatic rings. The van der Waals surface area contributed by atoms with E-state index in [1.807, 2.05) is 6.92 Å². The van der Waals surface area contributed by atoms with E-state index in [9.17, 15) is 4.79 Å². The van der Waals surface area contributed by atoms with Crippen molar-refractivity contribution in [3.8, 4) is 0 Å². The first-order valence-electron chi connectivity index (χ1n) is 7.19. The van der Waals surface area contributed by atoms with E-state index in [2.05, 4.69) is 29.5 Å². The summed E-state index contributed by atoms with van der Waals surface area (Å²) in [6.07, 6.45) is 4.05. The third kappa shape index (κ3) is 6.40. The van der Waals surface area contributed by atoms with Crippen LogP contribution in [0, 0.1) is 5.92 Å². The van der Waals surface area contributed by atoms with Crippen LogP contribution in [0.2, 0.25) is 0 Å². The van der Waals surface area contributed by atoms with Crippen LogP contribution in [-0.2, 0) is 19.0 Å². The molecule has 0 saturated heterocycles. The van der Waals surface area contributed by atoms with E-state index in [-0.39, 0.29) is 18.0 Å². The number of unbranched alkanes of at least 4 members (excludes halogenated alkanes) is 1. The summed E-state index contributed by atoms with van der Waals surface area (Å²) in [4.78, 5) is 11.7. The van der Waals surface area contributed by atoms with Crippen molar-refractivity contribution >= 4 is 28.6 Å². The van der Waals surface area contributed by atoms with Gasteiger partial charge in [-0.15, -0.1) is 0 Å². The molecule has 0 bridgehead atoms. The number of alkyl halides is 1. The number of carbonyl (C=O) groups excluding carboxylic acids is 1. The molecule has 1 rings (SSSR count). The number of halogens is 1. The molecule has 112 valence electrons. The Kier molecular flexibility index (Phi) is 8.98. The van der Waals surface area contributed by atoms with E-state index in [0.29, 0.717) is 23.7 Å². The van der Waals surface area contributed by atoms with E-state index in [4.69, 9.17) is 14.2 Å². The average Bonchev–Trinajstić information content (AvgIpc) is 2.76. The highest BCUT2D eigenvalue weighted by molar-refractivity contribution is 14.1. The lowest BCUT2D eigenvalue weighted by Gasteiger charge is -2.15. The van der Waals surface area contributed by atoms with Crippen LogP contribution in [-0.4, -0.2) is 42.4 Å². The van der Waals surface area contributed by atoms with Gasteiger partial charge in [0.15, 0.2) is 0 Å². The predicted molar refractivity (Wildman–Crippen MR) is 82.6 cm³/mol. The van der Waals surface area contributed by atoms with Gasteiger partial charge in [0.2, 0.25) is 0 Å². The van der Waals surface area contributed by atoms with Gasteiger partial charge in [-0.2, -0.15) is 0 Å². The number of hydrogen-bond acceptors (Lipinski definition) is 4.